The van der Waals surface area contributed by atoms with Crippen molar-refractivity contribution in [3.8, 4) is 0 Å². The molecule has 0 aromatic rings. The molecular formula is C31H49Na3O13S3. The number of hydrogen-bond acceptors (Lipinski definition) is 13. The second-order valence-corrected chi connectivity index (χ2v) is 19.4. The van der Waals surface area contributed by atoms with Crippen molar-refractivity contribution in [2.24, 2.45) is 57.2 Å². The van der Waals surface area contributed by atoms with Crippen molar-refractivity contribution in [1.29, 1.82) is 0 Å². The fraction of sp³-hybridized carbons (Fsp3) is 0.935. The Hall–Kier alpha value is 2.31. The maximum Gasteiger partial charge on any atom is 1.00 e. The summed E-state index contributed by atoms with van der Waals surface area (Å²) in [6.07, 6.45) is -0.162. The van der Waals surface area contributed by atoms with Gasteiger partial charge >= 0.3 is 88.7 Å². The van der Waals surface area contributed by atoms with E-state index in [4.69, 9.17) is 4.18 Å². The van der Waals surface area contributed by atoms with Gasteiger partial charge in [-0.3, -0.25) is 12.5 Å². The van der Waals surface area contributed by atoms with Gasteiger partial charge in [-0.2, -0.15) is 0 Å². The van der Waals surface area contributed by atoms with Crippen LogP contribution < -0.4 is 88.7 Å². The Bertz CT molecular complexity index is 1610. The smallest absolute Gasteiger partial charge is 0.726 e. The minimum atomic E-state index is -5.56. The van der Waals surface area contributed by atoms with Crippen LogP contribution in [-0.2, 0) is 43.7 Å². The first-order chi connectivity index (χ1) is 21.3. The third-order valence-electron chi connectivity index (χ3n) is 14.1. The van der Waals surface area contributed by atoms with E-state index in [9.17, 15) is 44.0 Å². The molecular weight excluding hydrogens is 745 g/mol. The van der Waals surface area contributed by atoms with Crippen LogP contribution in [0, 0.1) is 57.2 Å². The van der Waals surface area contributed by atoms with E-state index in [1.165, 1.54) is 6.42 Å². The fourth-order valence-corrected chi connectivity index (χ4v) is 12.9. The molecule has 50 heavy (non-hydrogen) atoms. The van der Waals surface area contributed by atoms with Crippen LogP contribution in [0.25, 0.3) is 0 Å². The summed E-state index contributed by atoms with van der Waals surface area (Å²) in [7, 11) is -16.4. The van der Waals surface area contributed by atoms with Gasteiger partial charge in [-0.25, -0.2) is 25.3 Å². The summed E-state index contributed by atoms with van der Waals surface area (Å²) in [5, 5.41) is 11.5. The van der Waals surface area contributed by atoms with E-state index in [2.05, 4.69) is 49.9 Å². The van der Waals surface area contributed by atoms with Crippen LogP contribution in [0.1, 0.15) is 99.8 Å². The SMILES string of the molecule is CC(C)[C@@]1(CC[C@@H](C)[C@H]2CC[C@@]3(C)[C@@H]4C[C@H](OS(=O)(=O)[O-])[C@H]5[C@@H](O)[C@H](OS(=O)(=O)[O-])[C@@H](OS(=O)(=O)[O-])C[C@]5(C)C4=CC[C@]23C)CC1C.[Na+].[Na+].[Na+]. The molecule has 4 saturated carbocycles. The monoisotopic (exact) mass is 794 g/mol. The Morgan fingerprint density at radius 1 is 0.860 bits per heavy atom. The molecule has 272 valence electrons. The van der Waals surface area contributed by atoms with E-state index < -0.39 is 78.8 Å². The van der Waals surface area contributed by atoms with E-state index in [0.29, 0.717) is 35.5 Å². The van der Waals surface area contributed by atoms with E-state index >= 15 is 0 Å². The molecule has 0 aliphatic heterocycles. The molecule has 0 spiro atoms. The Labute approximate surface area is 365 Å². The average molecular weight is 795 g/mol. The standard InChI is InChI=1S/C31H52O13S3.3Na/c1-17(2)31(15-19(31)4)13-8-18(3)20-9-11-30(7)22-14-23(42-45(33,34)35)25-26(32)27(44-47(39,40)41)24(43-46(36,37)38)16-28(25,5)21(22)10-12-29(20,30)6;;;/h10,17-20,22-27,32H,8-9,11-16H2,1-7H3,(H,33,34,35)(H,36,37,38)(H,39,40,41);;;/q;3*+1/p-3/t18-,19?,20-,22-,23+,24+,25+,26-,27-,28-,29-,30+,31-;;;/m1.../s1. The topological polar surface area (TPSA) is 220 Å². The maximum absolute atomic E-state index is 12.1. The summed E-state index contributed by atoms with van der Waals surface area (Å²) in [5.41, 5.74) is -0.834. The first kappa shape index (κ1) is 48.5. The van der Waals surface area contributed by atoms with Crippen molar-refractivity contribution in [3.63, 3.8) is 0 Å². The molecule has 0 aromatic heterocycles. The number of allylic oxidation sites excluding steroid dienone is 2. The molecule has 0 aromatic carbocycles. The molecule has 4 fully saturated rings. The van der Waals surface area contributed by atoms with Crippen LogP contribution in [0.15, 0.2) is 11.6 Å². The molecule has 5 aliphatic carbocycles. The molecule has 5 aliphatic rings. The number of rotatable bonds is 11. The number of fused-ring (bicyclic) bond motifs is 5. The van der Waals surface area contributed by atoms with Crippen LogP contribution in [0.4, 0.5) is 0 Å². The summed E-state index contributed by atoms with van der Waals surface area (Å²) in [6.45, 7) is 15.3. The van der Waals surface area contributed by atoms with Gasteiger partial charge in [-0.15, -0.1) is 0 Å². The molecule has 1 unspecified atom stereocenters. The van der Waals surface area contributed by atoms with Crippen molar-refractivity contribution in [2.75, 3.05) is 0 Å². The minimum absolute atomic E-state index is 0. The zero-order chi connectivity index (χ0) is 35.3. The fourth-order valence-electron chi connectivity index (χ4n) is 11.4. The van der Waals surface area contributed by atoms with Crippen LogP contribution in [-0.4, -0.2) is 68.4 Å². The average Bonchev–Trinajstić information content (AvgIpc) is 3.47. The second kappa shape index (κ2) is 16.3. The van der Waals surface area contributed by atoms with Gasteiger partial charge in [0.05, 0.1) is 12.2 Å². The summed E-state index contributed by atoms with van der Waals surface area (Å²) < 4.78 is 120. The van der Waals surface area contributed by atoms with Gasteiger partial charge in [0, 0.05) is 5.92 Å². The van der Waals surface area contributed by atoms with Crippen LogP contribution >= 0.6 is 0 Å². The predicted octanol–water partition coefficient (Wildman–Crippen LogP) is -5.21. The van der Waals surface area contributed by atoms with E-state index in [1.54, 1.807) is 6.92 Å². The van der Waals surface area contributed by atoms with Gasteiger partial charge in [-0.1, -0.05) is 60.1 Å². The van der Waals surface area contributed by atoms with Crippen LogP contribution in [0.3, 0.4) is 0 Å². The Morgan fingerprint density at radius 2 is 1.38 bits per heavy atom. The normalized spacial score (nSPS) is 43.2. The largest absolute Gasteiger partial charge is 1.00 e. The van der Waals surface area contributed by atoms with Gasteiger partial charge in [0.15, 0.2) is 0 Å². The van der Waals surface area contributed by atoms with E-state index in [1.807, 2.05) is 6.08 Å². The van der Waals surface area contributed by atoms with Gasteiger partial charge in [0.2, 0.25) is 31.2 Å². The number of aliphatic hydroxyl groups excluding tert-OH is 1. The van der Waals surface area contributed by atoms with Gasteiger partial charge in [-0.05, 0) is 103 Å². The molecule has 0 amide bonds. The third kappa shape index (κ3) is 9.04. The zero-order valence-electron chi connectivity index (χ0n) is 31.1. The first-order valence-corrected chi connectivity index (χ1v) is 20.6. The molecule has 0 heterocycles. The molecule has 13 atom stereocenters. The van der Waals surface area contributed by atoms with Crippen LogP contribution in [0.5, 0.6) is 0 Å². The van der Waals surface area contributed by atoms with E-state index in [-0.39, 0.29) is 106 Å². The Morgan fingerprint density at radius 3 is 1.86 bits per heavy atom. The van der Waals surface area contributed by atoms with Gasteiger partial charge < -0.3 is 18.8 Å². The molecule has 13 nitrogen and oxygen atoms in total. The predicted molar refractivity (Wildman–Crippen MR) is 165 cm³/mol. The molecule has 5 rings (SSSR count). The molecule has 0 bridgehead atoms. The first-order valence-electron chi connectivity index (χ1n) is 16.6. The summed E-state index contributed by atoms with van der Waals surface area (Å²) in [5.74, 6) is 0.368. The van der Waals surface area contributed by atoms with Crippen LogP contribution in [0.2, 0.25) is 0 Å². The number of hydrogen-bond donors (Lipinski definition) is 1. The van der Waals surface area contributed by atoms with Crippen molar-refractivity contribution < 1.29 is 145 Å². The zero-order valence-corrected chi connectivity index (χ0v) is 39.5. The Balaban J connectivity index is 0.00000289. The van der Waals surface area contributed by atoms with Crippen molar-refractivity contribution >= 4 is 31.2 Å². The minimum Gasteiger partial charge on any atom is -0.726 e. The molecule has 1 N–H and O–H groups in total. The van der Waals surface area contributed by atoms with Crippen molar-refractivity contribution in [1.82, 2.24) is 0 Å². The number of aliphatic hydroxyl groups is 1. The summed E-state index contributed by atoms with van der Waals surface area (Å²) >= 11 is 0. The quantitative estimate of drug-likeness (QED) is 0.0897. The van der Waals surface area contributed by atoms with Gasteiger partial charge in [0.25, 0.3) is 0 Å². The maximum atomic E-state index is 12.1. The van der Waals surface area contributed by atoms with Crippen molar-refractivity contribution in [3.05, 3.63) is 11.6 Å². The Kier molecular flexibility index (Phi) is 15.8. The summed E-state index contributed by atoms with van der Waals surface area (Å²) in [4.78, 5) is 0. The molecule has 19 heteroatoms. The second-order valence-electron chi connectivity index (χ2n) is 16.3. The molecule has 0 saturated heterocycles. The van der Waals surface area contributed by atoms with E-state index in [0.717, 1.165) is 31.3 Å². The summed E-state index contributed by atoms with van der Waals surface area (Å²) in [6, 6.07) is 0. The molecule has 0 radical (unpaired) electrons. The van der Waals surface area contributed by atoms with Crippen molar-refractivity contribution in [2.45, 2.75) is 124 Å². The third-order valence-corrected chi connectivity index (χ3v) is 15.5. The van der Waals surface area contributed by atoms with Gasteiger partial charge in [0.1, 0.15) is 12.2 Å².